The lowest BCUT2D eigenvalue weighted by molar-refractivity contribution is 0.628. The first-order valence-electron chi connectivity index (χ1n) is 3.38. The molecule has 0 amide bonds. The summed E-state index contributed by atoms with van der Waals surface area (Å²) in [6, 6.07) is 4.31. The smallest absolute Gasteiger partial charge is 0.141 e. The van der Waals surface area contributed by atoms with Crippen molar-refractivity contribution >= 4 is 11.6 Å². The van der Waals surface area contributed by atoms with Crippen LogP contribution in [-0.2, 0) is 0 Å². The molecule has 0 bridgehead atoms. The van der Waals surface area contributed by atoms with Gasteiger partial charge in [-0.1, -0.05) is 23.4 Å². The van der Waals surface area contributed by atoms with Crippen molar-refractivity contribution in [3.05, 3.63) is 34.6 Å². The van der Waals surface area contributed by atoms with E-state index in [-0.39, 0.29) is 11.6 Å². The summed E-state index contributed by atoms with van der Waals surface area (Å²) in [5, 5.41) is 0.0822. The Hall–Kier alpha value is -1.04. The summed E-state index contributed by atoms with van der Waals surface area (Å²) in [6.07, 6.45) is 0. The molecule has 0 heterocycles. The molecule has 0 aromatic heterocycles. The molecule has 0 atom stereocenters. The molecule has 62 valence electrons. The van der Waals surface area contributed by atoms with Crippen molar-refractivity contribution in [1.29, 1.82) is 0 Å². The van der Waals surface area contributed by atoms with Crippen molar-refractivity contribution in [2.75, 3.05) is 6.54 Å². The van der Waals surface area contributed by atoms with Crippen LogP contribution in [0.3, 0.4) is 0 Å². The predicted molar refractivity (Wildman–Crippen MR) is 47.3 cm³/mol. The van der Waals surface area contributed by atoms with E-state index in [4.69, 9.17) is 17.3 Å². The molecule has 1 aromatic rings. The number of benzene rings is 1. The molecule has 0 aliphatic carbocycles. The number of hydrogen-bond acceptors (Lipinski definition) is 1. The second kappa shape index (κ2) is 4.10. The van der Waals surface area contributed by atoms with Gasteiger partial charge in [-0.25, -0.2) is 4.39 Å². The number of halogens is 2. The van der Waals surface area contributed by atoms with Crippen molar-refractivity contribution in [3.63, 3.8) is 0 Å². The van der Waals surface area contributed by atoms with Gasteiger partial charge >= 0.3 is 0 Å². The SMILES string of the molecule is NCC#Cc1ccc(F)c(Cl)c1. The van der Waals surface area contributed by atoms with Crippen LogP contribution in [0.15, 0.2) is 18.2 Å². The van der Waals surface area contributed by atoms with Crippen LogP contribution in [0.5, 0.6) is 0 Å². The van der Waals surface area contributed by atoms with Crippen molar-refractivity contribution in [2.45, 2.75) is 0 Å². The van der Waals surface area contributed by atoms with Crippen LogP contribution in [0.2, 0.25) is 5.02 Å². The van der Waals surface area contributed by atoms with Gasteiger partial charge < -0.3 is 5.73 Å². The first-order valence-corrected chi connectivity index (χ1v) is 3.76. The Kier molecular flexibility index (Phi) is 3.09. The fourth-order valence-corrected chi connectivity index (χ4v) is 0.908. The average Bonchev–Trinajstić information content (AvgIpc) is 2.07. The Bertz CT molecular complexity index is 338. The fraction of sp³-hybridized carbons (Fsp3) is 0.111. The summed E-state index contributed by atoms with van der Waals surface area (Å²) in [4.78, 5) is 0. The lowest BCUT2D eigenvalue weighted by Gasteiger charge is -1.93. The second-order valence-electron chi connectivity index (χ2n) is 2.13. The van der Waals surface area contributed by atoms with Gasteiger partial charge in [0, 0.05) is 5.56 Å². The first kappa shape index (κ1) is 9.05. The zero-order chi connectivity index (χ0) is 8.97. The standard InChI is InChI=1S/C9H7ClFN/c10-8-6-7(2-1-5-12)3-4-9(8)11/h3-4,6H,5,12H2. The van der Waals surface area contributed by atoms with Gasteiger partial charge in [0.15, 0.2) is 0 Å². The van der Waals surface area contributed by atoms with E-state index >= 15 is 0 Å². The maximum Gasteiger partial charge on any atom is 0.141 e. The topological polar surface area (TPSA) is 26.0 Å². The summed E-state index contributed by atoms with van der Waals surface area (Å²) in [6.45, 7) is 0.287. The molecule has 0 saturated heterocycles. The molecular formula is C9H7ClFN. The summed E-state index contributed by atoms with van der Waals surface area (Å²) < 4.78 is 12.6. The summed E-state index contributed by atoms with van der Waals surface area (Å²) in [5.41, 5.74) is 5.84. The van der Waals surface area contributed by atoms with Gasteiger partial charge in [0.1, 0.15) is 5.82 Å². The van der Waals surface area contributed by atoms with Crippen molar-refractivity contribution in [1.82, 2.24) is 0 Å². The maximum absolute atomic E-state index is 12.6. The van der Waals surface area contributed by atoms with Crippen LogP contribution in [0.4, 0.5) is 4.39 Å². The Morgan fingerprint density at radius 2 is 2.25 bits per heavy atom. The third-order valence-corrected chi connectivity index (χ3v) is 1.54. The lowest BCUT2D eigenvalue weighted by atomic mass is 10.2. The van der Waals surface area contributed by atoms with Crippen LogP contribution in [0.25, 0.3) is 0 Å². The highest BCUT2D eigenvalue weighted by Crippen LogP contribution is 2.14. The van der Waals surface area contributed by atoms with Gasteiger partial charge in [-0.3, -0.25) is 0 Å². The van der Waals surface area contributed by atoms with E-state index < -0.39 is 5.82 Å². The third-order valence-electron chi connectivity index (χ3n) is 1.25. The van der Waals surface area contributed by atoms with E-state index in [1.165, 1.54) is 12.1 Å². The van der Waals surface area contributed by atoms with Gasteiger partial charge in [-0.05, 0) is 18.2 Å². The molecule has 3 heteroatoms. The third kappa shape index (κ3) is 2.23. The number of hydrogen-bond donors (Lipinski definition) is 1. The molecular weight excluding hydrogens is 177 g/mol. The molecule has 0 aliphatic heterocycles. The molecule has 2 N–H and O–H groups in total. The minimum absolute atomic E-state index is 0.0822. The molecule has 0 aliphatic rings. The number of nitrogens with two attached hydrogens (primary N) is 1. The Morgan fingerprint density at radius 3 is 2.83 bits per heavy atom. The van der Waals surface area contributed by atoms with E-state index in [0.29, 0.717) is 5.56 Å². The van der Waals surface area contributed by atoms with Crippen molar-refractivity contribution in [2.24, 2.45) is 5.73 Å². The second-order valence-corrected chi connectivity index (χ2v) is 2.54. The lowest BCUT2D eigenvalue weighted by Crippen LogP contribution is -1.93. The van der Waals surface area contributed by atoms with Crippen molar-refractivity contribution < 1.29 is 4.39 Å². The molecule has 12 heavy (non-hydrogen) atoms. The largest absolute Gasteiger partial charge is 0.320 e. The first-order chi connectivity index (χ1) is 5.74. The summed E-state index contributed by atoms with van der Waals surface area (Å²) in [7, 11) is 0. The Balaban J connectivity index is 2.97. The van der Waals surface area contributed by atoms with Gasteiger partial charge in [-0.15, -0.1) is 0 Å². The quantitative estimate of drug-likeness (QED) is 0.610. The zero-order valence-corrected chi connectivity index (χ0v) is 7.03. The fourth-order valence-electron chi connectivity index (χ4n) is 0.727. The molecule has 0 radical (unpaired) electrons. The van der Waals surface area contributed by atoms with Crippen LogP contribution in [-0.4, -0.2) is 6.54 Å². The average molecular weight is 184 g/mol. The van der Waals surface area contributed by atoms with E-state index in [1.807, 2.05) is 0 Å². The highest BCUT2D eigenvalue weighted by molar-refractivity contribution is 6.30. The van der Waals surface area contributed by atoms with Gasteiger partial charge in [-0.2, -0.15) is 0 Å². The highest BCUT2D eigenvalue weighted by atomic mass is 35.5. The zero-order valence-electron chi connectivity index (χ0n) is 6.27. The van der Waals surface area contributed by atoms with Gasteiger partial charge in [0.25, 0.3) is 0 Å². The van der Waals surface area contributed by atoms with E-state index in [0.717, 1.165) is 0 Å². The highest BCUT2D eigenvalue weighted by Gasteiger charge is 1.97. The minimum atomic E-state index is -0.435. The maximum atomic E-state index is 12.6. The molecule has 1 rings (SSSR count). The number of rotatable bonds is 0. The molecule has 0 spiro atoms. The summed E-state index contributed by atoms with van der Waals surface area (Å²) in [5.74, 6) is 4.96. The molecule has 1 nitrogen and oxygen atoms in total. The van der Waals surface area contributed by atoms with Gasteiger partial charge in [0.2, 0.25) is 0 Å². The van der Waals surface area contributed by atoms with Crippen LogP contribution in [0, 0.1) is 17.7 Å². The van der Waals surface area contributed by atoms with E-state index in [9.17, 15) is 4.39 Å². The Labute approximate surface area is 75.3 Å². The summed E-state index contributed by atoms with van der Waals surface area (Å²) >= 11 is 5.52. The van der Waals surface area contributed by atoms with E-state index in [2.05, 4.69) is 11.8 Å². The normalized spacial score (nSPS) is 8.92. The van der Waals surface area contributed by atoms with E-state index in [1.54, 1.807) is 6.07 Å². The minimum Gasteiger partial charge on any atom is -0.320 e. The Morgan fingerprint density at radius 1 is 1.50 bits per heavy atom. The van der Waals surface area contributed by atoms with Crippen LogP contribution in [0.1, 0.15) is 5.56 Å². The predicted octanol–water partition coefficient (Wildman–Crippen LogP) is 1.79. The molecule has 0 fully saturated rings. The molecule has 1 aromatic carbocycles. The van der Waals surface area contributed by atoms with Crippen LogP contribution < -0.4 is 5.73 Å². The van der Waals surface area contributed by atoms with Gasteiger partial charge in [0.05, 0.1) is 11.6 Å². The van der Waals surface area contributed by atoms with Crippen LogP contribution >= 0.6 is 11.6 Å². The monoisotopic (exact) mass is 183 g/mol. The van der Waals surface area contributed by atoms with Crippen molar-refractivity contribution in [3.8, 4) is 11.8 Å². The molecule has 0 saturated carbocycles. The molecule has 0 unspecified atom stereocenters.